The Morgan fingerprint density at radius 3 is 1.95 bits per heavy atom. The summed E-state index contributed by atoms with van der Waals surface area (Å²) in [5.74, 6) is -1.71. The highest BCUT2D eigenvalue weighted by Gasteiger charge is 2.61. The number of methoxy groups -OCH3 is 1. The maximum absolute atomic E-state index is 13.6. The number of nitrogens with one attached hydrogen (secondary N) is 1. The number of imide groups is 1. The van der Waals surface area contributed by atoms with Crippen molar-refractivity contribution >= 4 is 41.0 Å². The van der Waals surface area contributed by atoms with Crippen LogP contribution in [0.5, 0.6) is 5.75 Å². The molecule has 1 fully saturated rings. The lowest BCUT2D eigenvalue weighted by atomic mass is 9.55. The normalized spacial score (nSPS) is 21.4. The van der Waals surface area contributed by atoms with E-state index in [-0.39, 0.29) is 41.9 Å². The number of nitrogens with zero attached hydrogens (tertiary/aromatic N) is 1. The van der Waals surface area contributed by atoms with E-state index < -0.39 is 18.5 Å². The lowest BCUT2D eigenvalue weighted by Gasteiger charge is -2.45. The first kappa shape index (κ1) is 28.0. The van der Waals surface area contributed by atoms with Gasteiger partial charge in [-0.2, -0.15) is 0 Å². The van der Waals surface area contributed by atoms with Crippen LogP contribution in [0.3, 0.4) is 0 Å². The van der Waals surface area contributed by atoms with Gasteiger partial charge in [0, 0.05) is 29.8 Å². The third kappa shape index (κ3) is 4.94. The van der Waals surface area contributed by atoms with E-state index in [0.717, 1.165) is 22.3 Å². The number of ether oxygens (including phenoxy) is 2. The van der Waals surface area contributed by atoms with Crippen molar-refractivity contribution in [2.45, 2.75) is 37.5 Å². The van der Waals surface area contributed by atoms with Gasteiger partial charge in [-0.3, -0.25) is 24.1 Å². The van der Waals surface area contributed by atoms with Gasteiger partial charge in [-0.25, -0.2) is 0 Å². The number of benzene rings is 3. The highest BCUT2D eigenvalue weighted by atomic mass is 35.5. The van der Waals surface area contributed by atoms with E-state index in [4.69, 9.17) is 21.1 Å². The molecule has 1 heterocycles. The number of rotatable bonds is 10. The molecule has 0 unspecified atom stereocenters. The van der Waals surface area contributed by atoms with Gasteiger partial charge in [0.25, 0.3) is 5.91 Å². The first-order chi connectivity index (χ1) is 20.4. The summed E-state index contributed by atoms with van der Waals surface area (Å²) < 4.78 is 10.3. The molecule has 216 valence electrons. The predicted octanol–water partition coefficient (Wildman–Crippen LogP) is 5.28. The van der Waals surface area contributed by atoms with Crippen molar-refractivity contribution < 1.29 is 28.7 Å². The van der Waals surface area contributed by atoms with Gasteiger partial charge in [0.2, 0.25) is 11.8 Å². The number of carbonyl (C=O) groups is 4. The van der Waals surface area contributed by atoms with Crippen molar-refractivity contribution in [2.24, 2.45) is 11.8 Å². The van der Waals surface area contributed by atoms with Gasteiger partial charge in [-0.05, 0) is 53.3 Å². The minimum absolute atomic E-state index is 0.0919. The molecule has 3 aromatic rings. The number of esters is 1. The Bertz CT molecular complexity index is 1460. The zero-order chi connectivity index (χ0) is 29.4. The van der Waals surface area contributed by atoms with Crippen LogP contribution in [0.2, 0.25) is 5.02 Å². The minimum Gasteiger partial charge on any atom is -0.495 e. The molecule has 7 rings (SSSR count). The lowest BCUT2D eigenvalue weighted by Crippen LogP contribution is -2.41. The Labute approximate surface area is 248 Å². The number of anilines is 1. The maximum Gasteiger partial charge on any atom is 0.306 e. The number of likely N-dealkylation sites (tertiary alicyclic amines) is 1. The highest BCUT2D eigenvalue weighted by Crippen LogP contribution is 2.60. The Hall–Kier alpha value is -4.17. The van der Waals surface area contributed by atoms with Crippen LogP contribution in [0.25, 0.3) is 0 Å². The second-order valence-electron chi connectivity index (χ2n) is 11.0. The Kier molecular flexibility index (Phi) is 7.73. The topological polar surface area (TPSA) is 102 Å². The molecule has 3 aliphatic carbocycles. The number of hydrogen-bond donors (Lipinski definition) is 1. The molecule has 2 atom stereocenters. The fourth-order valence-electron chi connectivity index (χ4n) is 6.86. The van der Waals surface area contributed by atoms with Gasteiger partial charge in [-0.1, -0.05) is 66.6 Å². The van der Waals surface area contributed by atoms with Gasteiger partial charge in [0.15, 0.2) is 6.61 Å². The molecule has 0 radical (unpaired) electrons. The Morgan fingerprint density at radius 1 is 0.833 bits per heavy atom. The third-order valence-corrected chi connectivity index (χ3v) is 8.84. The zero-order valence-electron chi connectivity index (χ0n) is 23.2. The molecule has 1 N–H and O–H groups in total. The lowest BCUT2D eigenvalue weighted by molar-refractivity contribution is -0.147. The molecular formula is C33H31ClN2O6. The SMILES string of the molecule is COc1ccc(Cl)cc1NC(=O)COC(=O)CCCCCN1C(=O)[C@H]2C3c4ccccc4C(c4ccccc43)[C@@H]2C1=O. The van der Waals surface area contributed by atoms with Crippen LogP contribution < -0.4 is 10.1 Å². The summed E-state index contributed by atoms with van der Waals surface area (Å²) in [5.41, 5.74) is 5.01. The Morgan fingerprint density at radius 2 is 1.40 bits per heavy atom. The van der Waals surface area contributed by atoms with Crippen LogP contribution >= 0.6 is 11.6 Å². The second kappa shape index (κ2) is 11.6. The van der Waals surface area contributed by atoms with Crippen LogP contribution in [0, 0.1) is 11.8 Å². The number of unbranched alkanes of at least 4 members (excludes halogenated alkanes) is 2. The highest BCUT2D eigenvalue weighted by molar-refractivity contribution is 6.31. The number of halogens is 1. The number of hydrogen-bond acceptors (Lipinski definition) is 6. The van der Waals surface area contributed by atoms with Crippen molar-refractivity contribution in [1.29, 1.82) is 0 Å². The molecule has 1 saturated heterocycles. The third-order valence-electron chi connectivity index (χ3n) is 8.60. The predicted molar refractivity (Wildman–Crippen MR) is 156 cm³/mol. The van der Waals surface area contributed by atoms with E-state index in [1.807, 2.05) is 24.3 Å². The summed E-state index contributed by atoms with van der Waals surface area (Å²) in [7, 11) is 1.48. The smallest absolute Gasteiger partial charge is 0.306 e. The fourth-order valence-corrected chi connectivity index (χ4v) is 7.03. The van der Waals surface area contributed by atoms with Gasteiger partial charge in [0.1, 0.15) is 5.75 Å². The first-order valence-electron chi connectivity index (χ1n) is 14.2. The van der Waals surface area contributed by atoms with E-state index >= 15 is 0 Å². The van der Waals surface area contributed by atoms with Crippen LogP contribution in [-0.2, 0) is 23.9 Å². The van der Waals surface area contributed by atoms with Crippen molar-refractivity contribution in [2.75, 3.05) is 25.6 Å². The van der Waals surface area contributed by atoms with Gasteiger partial charge in [0.05, 0.1) is 24.6 Å². The molecular weight excluding hydrogens is 556 g/mol. The van der Waals surface area contributed by atoms with E-state index in [1.54, 1.807) is 18.2 Å². The molecule has 2 bridgehead atoms. The molecule has 0 saturated carbocycles. The summed E-state index contributed by atoms with van der Waals surface area (Å²) in [4.78, 5) is 53.2. The summed E-state index contributed by atoms with van der Waals surface area (Å²) in [6.07, 6.45) is 1.89. The van der Waals surface area contributed by atoms with Crippen LogP contribution in [0.1, 0.15) is 59.8 Å². The molecule has 0 aromatic heterocycles. The molecule has 1 aliphatic heterocycles. The van der Waals surface area contributed by atoms with E-state index in [9.17, 15) is 19.2 Å². The molecule has 4 aliphatic rings. The molecule has 3 amide bonds. The minimum atomic E-state index is -0.505. The van der Waals surface area contributed by atoms with Crippen molar-refractivity contribution in [3.63, 3.8) is 0 Å². The van der Waals surface area contributed by atoms with E-state index in [0.29, 0.717) is 42.3 Å². The second-order valence-corrected chi connectivity index (χ2v) is 11.4. The maximum atomic E-state index is 13.6. The number of carbonyl (C=O) groups excluding carboxylic acids is 4. The van der Waals surface area contributed by atoms with Gasteiger partial charge >= 0.3 is 5.97 Å². The average molecular weight is 587 g/mol. The van der Waals surface area contributed by atoms with Gasteiger partial charge in [-0.15, -0.1) is 0 Å². The van der Waals surface area contributed by atoms with Crippen molar-refractivity contribution in [1.82, 2.24) is 4.90 Å². The van der Waals surface area contributed by atoms with Crippen LogP contribution in [0.4, 0.5) is 5.69 Å². The summed E-state index contributed by atoms with van der Waals surface area (Å²) in [5, 5.41) is 3.05. The first-order valence-corrected chi connectivity index (χ1v) is 14.6. The summed E-state index contributed by atoms with van der Waals surface area (Å²) >= 11 is 5.98. The largest absolute Gasteiger partial charge is 0.495 e. The molecule has 3 aromatic carbocycles. The molecule has 42 heavy (non-hydrogen) atoms. The van der Waals surface area contributed by atoms with Gasteiger partial charge < -0.3 is 14.8 Å². The summed E-state index contributed by atoms with van der Waals surface area (Å²) in [6, 6.07) is 21.2. The number of amides is 3. The molecule has 9 heteroatoms. The Balaban J connectivity index is 0.993. The average Bonchev–Trinajstić information content (AvgIpc) is 3.25. The molecule has 0 spiro atoms. The molecule has 8 nitrogen and oxygen atoms in total. The monoisotopic (exact) mass is 586 g/mol. The van der Waals surface area contributed by atoms with Crippen molar-refractivity contribution in [3.8, 4) is 5.75 Å². The van der Waals surface area contributed by atoms with Crippen LogP contribution in [-0.4, -0.2) is 48.9 Å². The van der Waals surface area contributed by atoms with E-state index in [2.05, 4.69) is 29.6 Å². The van der Waals surface area contributed by atoms with E-state index in [1.165, 1.54) is 12.0 Å². The van der Waals surface area contributed by atoms with Crippen LogP contribution in [0.15, 0.2) is 66.7 Å². The summed E-state index contributed by atoms with van der Waals surface area (Å²) in [6.45, 7) is -0.100. The fraction of sp³-hybridized carbons (Fsp3) is 0.333. The zero-order valence-corrected chi connectivity index (χ0v) is 23.9. The quantitative estimate of drug-likeness (QED) is 0.197. The standard InChI is InChI=1S/C33H31ClN2O6/c1-41-25-15-14-19(34)17-24(25)35-26(37)18-42-27(38)13-3-2-8-16-36-32(39)30-28-20-9-4-5-10-21(20)29(31(30)33(36)40)23-12-7-6-11-22(23)28/h4-7,9-12,14-15,17,28-31H,2-3,8,13,16,18H2,1H3,(H,35,37)/t28?,29?,30-,31-/m0/s1. The van der Waals surface area contributed by atoms with Crippen molar-refractivity contribution in [3.05, 3.63) is 94.0 Å².